The first-order valence-corrected chi connectivity index (χ1v) is 6.56. The highest BCUT2D eigenvalue weighted by Gasteiger charge is 2.06. The van der Waals surface area contributed by atoms with E-state index in [0.717, 1.165) is 12.1 Å². The first-order valence-electron chi connectivity index (χ1n) is 6.56. The zero-order valence-electron chi connectivity index (χ0n) is 11.0. The van der Waals surface area contributed by atoms with E-state index < -0.39 is 0 Å². The smallest absolute Gasteiger partial charge is 0.0912 e. The Bertz CT molecular complexity index is 789. The third-order valence-electron chi connectivity index (χ3n) is 3.35. The molecule has 0 unspecified atom stereocenters. The van der Waals surface area contributed by atoms with E-state index in [9.17, 15) is 0 Å². The molecule has 2 aromatic carbocycles. The zero-order chi connectivity index (χ0) is 13.8. The molecule has 1 heterocycles. The average Bonchev–Trinajstić information content (AvgIpc) is 2.85. The van der Waals surface area contributed by atoms with Crippen molar-refractivity contribution in [3.63, 3.8) is 0 Å². The van der Waals surface area contributed by atoms with Gasteiger partial charge in [-0.25, -0.2) is 0 Å². The fourth-order valence-corrected chi connectivity index (χ4v) is 2.45. The van der Waals surface area contributed by atoms with Crippen LogP contribution in [0.25, 0.3) is 17.0 Å². The molecule has 20 heavy (non-hydrogen) atoms. The lowest BCUT2D eigenvalue weighted by atomic mass is 10.1. The molecule has 0 N–H and O–H groups in total. The van der Waals surface area contributed by atoms with Crippen LogP contribution in [-0.4, -0.2) is 4.57 Å². The minimum atomic E-state index is 0.835. The van der Waals surface area contributed by atoms with E-state index in [0.29, 0.717) is 0 Å². The molecule has 0 saturated carbocycles. The molecular weight excluding hydrogens is 244 g/mol. The van der Waals surface area contributed by atoms with Gasteiger partial charge in [-0.05, 0) is 17.7 Å². The molecule has 2 heteroatoms. The van der Waals surface area contributed by atoms with Crippen molar-refractivity contribution in [2.45, 2.75) is 6.54 Å². The van der Waals surface area contributed by atoms with Crippen LogP contribution >= 0.6 is 0 Å². The van der Waals surface area contributed by atoms with E-state index in [-0.39, 0.29) is 0 Å². The van der Waals surface area contributed by atoms with Crippen molar-refractivity contribution in [3.05, 3.63) is 78.0 Å². The number of nitrogens with zero attached hydrogens (tertiary/aromatic N) is 2. The van der Waals surface area contributed by atoms with Crippen LogP contribution < -0.4 is 0 Å². The second kappa shape index (κ2) is 5.46. The minimum absolute atomic E-state index is 0.835. The molecule has 3 rings (SSSR count). The van der Waals surface area contributed by atoms with Crippen molar-refractivity contribution in [1.82, 2.24) is 4.57 Å². The molecule has 0 aliphatic heterocycles. The largest absolute Gasteiger partial charge is 0.342 e. The van der Waals surface area contributed by atoms with Gasteiger partial charge in [0.25, 0.3) is 0 Å². The van der Waals surface area contributed by atoms with Gasteiger partial charge in [0.05, 0.1) is 6.07 Å². The summed E-state index contributed by atoms with van der Waals surface area (Å²) < 4.78 is 2.22. The van der Waals surface area contributed by atoms with Crippen LogP contribution in [0.15, 0.2) is 66.9 Å². The number of aromatic nitrogens is 1. The monoisotopic (exact) mass is 258 g/mol. The first-order chi connectivity index (χ1) is 9.88. The van der Waals surface area contributed by atoms with E-state index in [2.05, 4.69) is 53.2 Å². The number of fused-ring (bicyclic) bond motifs is 1. The second-order valence-electron chi connectivity index (χ2n) is 4.68. The number of allylic oxidation sites excluding steroid dienone is 1. The Hall–Kier alpha value is -2.79. The van der Waals surface area contributed by atoms with Crippen LogP contribution in [0.3, 0.4) is 0 Å². The quantitative estimate of drug-likeness (QED) is 0.646. The predicted molar refractivity (Wildman–Crippen MR) is 82.1 cm³/mol. The van der Waals surface area contributed by atoms with E-state index in [4.69, 9.17) is 5.26 Å². The molecule has 1 aromatic heterocycles. The number of rotatable bonds is 3. The lowest BCUT2D eigenvalue weighted by Gasteiger charge is -2.05. The second-order valence-corrected chi connectivity index (χ2v) is 4.68. The van der Waals surface area contributed by atoms with E-state index in [1.54, 1.807) is 0 Å². The Kier molecular flexibility index (Phi) is 3.34. The molecule has 0 atom stereocenters. The van der Waals surface area contributed by atoms with Crippen molar-refractivity contribution in [3.8, 4) is 6.07 Å². The third kappa shape index (κ3) is 2.34. The zero-order valence-corrected chi connectivity index (χ0v) is 11.0. The van der Waals surface area contributed by atoms with Crippen LogP contribution in [0.1, 0.15) is 11.1 Å². The van der Waals surface area contributed by atoms with Crippen molar-refractivity contribution < 1.29 is 0 Å². The summed E-state index contributed by atoms with van der Waals surface area (Å²) in [5, 5.41) is 9.87. The van der Waals surface area contributed by atoms with E-state index in [1.807, 2.05) is 24.3 Å². The van der Waals surface area contributed by atoms with Gasteiger partial charge in [0.2, 0.25) is 0 Å². The summed E-state index contributed by atoms with van der Waals surface area (Å²) >= 11 is 0. The first kappa shape index (κ1) is 12.3. The molecule has 2 nitrogen and oxygen atoms in total. The Labute approximate surface area is 118 Å². The molecule has 96 valence electrons. The van der Waals surface area contributed by atoms with Crippen LogP contribution in [-0.2, 0) is 6.54 Å². The SMILES string of the molecule is N#C/C=C\c1cn(Cc2ccccc2)c2ccccc12. The Morgan fingerprint density at radius 3 is 2.55 bits per heavy atom. The van der Waals surface area contributed by atoms with Gasteiger partial charge >= 0.3 is 0 Å². The Balaban J connectivity index is 2.07. The fourth-order valence-electron chi connectivity index (χ4n) is 2.45. The predicted octanol–water partition coefficient (Wildman–Crippen LogP) is 4.23. The van der Waals surface area contributed by atoms with Crippen molar-refractivity contribution >= 4 is 17.0 Å². The van der Waals surface area contributed by atoms with Gasteiger partial charge in [-0.15, -0.1) is 0 Å². The van der Waals surface area contributed by atoms with Gasteiger partial charge in [0.15, 0.2) is 0 Å². The molecule has 0 aliphatic rings. The number of hydrogen-bond acceptors (Lipinski definition) is 1. The maximum atomic E-state index is 8.70. The lowest BCUT2D eigenvalue weighted by molar-refractivity contribution is 0.836. The summed E-state index contributed by atoms with van der Waals surface area (Å²) in [6.45, 7) is 0.835. The topological polar surface area (TPSA) is 28.7 Å². The Morgan fingerprint density at radius 2 is 1.75 bits per heavy atom. The number of hydrogen-bond donors (Lipinski definition) is 0. The molecule has 0 bridgehead atoms. The summed E-state index contributed by atoms with van der Waals surface area (Å²) in [5.41, 5.74) is 3.54. The maximum absolute atomic E-state index is 8.70. The fraction of sp³-hybridized carbons (Fsp3) is 0.0556. The highest BCUT2D eigenvalue weighted by Crippen LogP contribution is 2.23. The number of para-hydroxylation sites is 1. The maximum Gasteiger partial charge on any atom is 0.0912 e. The molecule has 0 spiro atoms. The summed E-state index contributed by atoms with van der Waals surface area (Å²) in [6, 6.07) is 20.7. The van der Waals surface area contributed by atoms with Gasteiger partial charge < -0.3 is 4.57 Å². The van der Waals surface area contributed by atoms with E-state index in [1.165, 1.54) is 22.5 Å². The van der Waals surface area contributed by atoms with Crippen molar-refractivity contribution in [1.29, 1.82) is 5.26 Å². The van der Waals surface area contributed by atoms with Crippen LogP contribution in [0.2, 0.25) is 0 Å². The van der Waals surface area contributed by atoms with Crippen LogP contribution in [0.5, 0.6) is 0 Å². The molecule has 0 aliphatic carbocycles. The van der Waals surface area contributed by atoms with Gasteiger partial charge in [-0.1, -0.05) is 48.5 Å². The standard InChI is InChI=1S/C18H14N2/c19-12-6-9-16-14-20(13-15-7-2-1-3-8-15)18-11-5-4-10-17(16)18/h1-11,14H,13H2/b9-6-. The minimum Gasteiger partial charge on any atom is -0.342 e. The molecule has 3 aromatic rings. The summed E-state index contributed by atoms with van der Waals surface area (Å²) in [6.07, 6.45) is 5.49. The number of nitriles is 1. The van der Waals surface area contributed by atoms with Gasteiger partial charge in [-0.3, -0.25) is 0 Å². The lowest BCUT2D eigenvalue weighted by Crippen LogP contribution is -1.97. The van der Waals surface area contributed by atoms with E-state index >= 15 is 0 Å². The molecule has 0 saturated heterocycles. The highest BCUT2D eigenvalue weighted by molar-refractivity contribution is 5.89. The van der Waals surface area contributed by atoms with Crippen LogP contribution in [0.4, 0.5) is 0 Å². The summed E-state index contributed by atoms with van der Waals surface area (Å²) in [7, 11) is 0. The third-order valence-corrected chi connectivity index (χ3v) is 3.35. The van der Waals surface area contributed by atoms with Gasteiger partial charge in [-0.2, -0.15) is 5.26 Å². The molecule has 0 amide bonds. The Morgan fingerprint density at radius 1 is 1.00 bits per heavy atom. The molecule has 0 radical (unpaired) electrons. The van der Waals surface area contributed by atoms with Crippen molar-refractivity contribution in [2.24, 2.45) is 0 Å². The highest BCUT2D eigenvalue weighted by atomic mass is 15.0. The molecule has 0 fully saturated rings. The summed E-state index contributed by atoms with van der Waals surface area (Å²) in [4.78, 5) is 0. The van der Waals surface area contributed by atoms with Gasteiger partial charge in [0.1, 0.15) is 0 Å². The van der Waals surface area contributed by atoms with Crippen molar-refractivity contribution in [2.75, 3.05) is 0 Å². The van der Waals surface area contributed by atoms with Gasteiger partial charge in [0, 0.05) is 35.3 Å². The molecular formula is C18H14N2. The van der Waals surface area contributed by atoms with Crippen LogP contribution in [0, 0.1) is 11.3 Å². The average molecular weight is 258 g/mol. The normalized spacial score (nSPS) is 10.9. The summed E-state index contributed by atoms with van der Waals surface area (Å²) in [5.74, 6) is 0. The number of benzene rings is 2.